The Bertz CT molecular complexity index is 806. The molecule has 0 atom stereocenters. The molecule has 5 heteroatoms. The van der Waals surface area contributed by atoms with Crippen LogP contribution in [0.15, 0.2) is 54.2 Å². The molecule has 0 spiro atoms. The number of nitrogens with one attached hydrogen (secondary N) is 2. The minimum Gasteiger partial charge on any atom is -0.360 e. The number of halogens is 1. The summed E-state index contributed by atoms with van der Waals surface area (Å²) in [6.45, 7) is 3.75. The first-order chi connectivity index (χ1) is 11.0. The molecule has 0 aromatic heterocycles. The Morgan fingerprint density at radius 2 is 1.83 bits per heavy atom. The van der Waals surface area contributed by atoms with Gasteiger partial charge in [-0.25, -0.2) is 0 Å². The van der Waals surface area contributed by atoms with E-state index in [0.29, 0.717) is 10.7 Å². The van der Waals surface area contributed by atoms with Gasteiger partial charge in [-0.15, -0.1) is 0 Å². The maximum Gasteiger partial charge on any atom is 0.267 e. The topological polar surface area (TPSA) is 64.9 Å². The molecule has 2 aromatic rings. The van der Waals surface area contributed by atoms with Gasteiger partial charge in [0.05, 0.1) is 0 Å². The molecule has 0 saturated carbocycles. The molecule has 0 unspecified atom stereocenters. The fourth-order valence-corrected chi connectivity index (χ4v) is 2.14. The van der Waals surface area contributed by atoms with Crippen LogP contribution >= 0.6 is 11.6 Å². The maximum atomic E-state index is 12.2. The van der Waals surface area contributed by atoms with Crippen LogP contribution in [0.3, 0.4) is 0 Å². The van der Waals surface area contributed by atoms with Gasteiger partial charge < -0.3 is 10.6 Å². The number of nitriles is 1. The molecule has 2 N–H and O–H groups in total. The van der Waals surface area contributed by atoms with Crippen LogP contribution in [0, 0.1) is 25.2 Å². The smallest absolute Gasteiger partial charge is 0.267 e. The van der Waals surface area contributed by atoms with E-state index in [2.05, 4.69) is 10.6 Å². The zero-order chi connectivity index (χ0) is 16.8. The molecule has 0 heterocycles. The zero-order valence-corrected chi connectivity index (χ0v) is 13.6. The lowest BCUT2D eigenvalue weighted by atomic mass is 10.2. The largest absolute Gasteiger partial charge is 0.360 e. The Hall–Kier alpha value is -2.77. The van der Waals surface area contributed by atoms with Crippen molar-refractivity contribution in [3.05, 3.63) is 70.4 Å². The van der Waals surface area contributed by atoms with Crippen molar-refractivity contribution < 1.29 is 4.79 Å². The number of anilines is 2. The molecule has 0 radical (unpaired) electrons. The number of hydrogen-bond acceptors (Lipinski definition) is 3. The monoisotopic (exact) mass is 325 g/mol. The standard InChI is InChI=1S/C18H16ClN3O/c1-12-6-3-4-8-16(12)22-18(23)14(10-20)11-21-17-9-5-7-15(19)13(17)2/h3-9,11,21H,1-2H3,(H,22,23)/b14-11-. The fourth-order valence-electron chi connectivity index (χ4n) is 1.97. The molecule has 23 heavy (non-hydrogen) atoms. The Morgan fingerprint density at radius 1 is 1.13 bits per heavy atom. The highest BCUT2D eigenvalue weighted by molar-refractivity contribution is 6.31. The van der Waals surface area contributed by atoms with Gasteiger partial charge in [-0.05, 0) is 43.2 Å². The first-order valence-electron chi connectivity index (χ1n) is 7.02. The van der Waals surface area contributed by atoms with E-state index < -0.39 is 5.91 Å². The third kappa shape index (κ3) is 4.12. The number of benzene rings is 2. The Balaban J connectivity index is 2.16. The minimum atomic E-state index is -0.464. The molecule has 116 valence electrons. The van der Waals surface area contributed by atoms with Gasteiger partial charge in [0.1, 0.15) is 11.6 Å². The molecule has 0 bridgehead atoms. The maximum absolute atomic E-state index is 12.2. The average molecular weight is 326 g/mol. The van der Waals surface area contributed by atoms with Crippen LogP contribution in [0.5, 0.6) is 0 Å². The van der Waals surface area contributed by atoms with Crippen LogP contribution in [-0.2, 0) is 4.79 Å². The van der Waals surface area contributed by atoms with Crippen LogP contribution in [0.2, 0.25) is 5.02 Å². The van der Waals surface area contributed by atoms with E-state index >= 15 is 0 Å². The van der Waals surface area contributed by atoms with Crippen LogP contribution in [0.25, 0.3) is 0 Å². The van der Waals surface area contributed by atoms with Gasteiger partial charge in [-0.3, -0.25) is 4.79 Å². The number of carbonyl (C=O) groups excluding carboxylic acids is 1. The molecule has 2 rings (SSSR count). The average Bonchev–Trinajstić information content (AvgIpc) is 2.54. The number of para-hydroxylation sites is 1. The molecule has 1 amide bonds. The molecule has 0 aliphatic carbocycles. The van der Waals surface area contributed by atoms with Crippen LogP contribution in [-0.4, -0.2) is 5.91 Å². The third-order valence-corrected chi connectivity index (χ3v) is 3.81. The van der Waals surface area contributed by atoms with E-state index in [1.54, 1.807) is 18.2 Å². The summed E-state index contributed by atoms with van der Waals surface area (Å²) < 4.78 is 0. The Kier molecular flexibility index (Phi) is 5.40. The minimum absolute atomic E-state index is 0.0207. The van der Waals surface area contributed by atoms with Crippen molar-refractivity contribution in [2.24, 2.45) is 0 Å². The summed E-state index contributed by atoms with van der Waals surface area (Å²) in [5.74, 6) is -0.464. The molecule has 4 nitrogen and oxygen atoms in total. The predicted molar refractivity (Wildman–Crippen MR) is 93.3 cm³/mol. The molecular weight excluding hydrogens is 310 g/mol. The van der Waals surface area contributed by atoms with Gasteiger partial charge in [0.25, 0.3) is 5.91 Å². The molecule has 0 aliphatic heterocycles. The first kappa shape index (κ1) is 16.6. The van der Waals surface area contributed by atoms with Crippen molar-refractivity contribution in [2.45, 2.75) is 13.8 Å². The normalized spacial score (nSPS) is 10.8. The van der Waals surface area contributed by atoms with Gasteiger partial charge in [-0.1, -0.05) is 35.9 Å². The van der Waals surface area contributed by atoms with Gasteiger partial charge in [0.2, 0.25) is 0 Å². The van der Waals surface area contributed by atoms with Crippen LogP contribution in [0.4, 0.5) is 11.4 Å². The second-order valence-corrected chi connectivity index (χ2v) is 5.40. The summed E-state index contributed by atoms with van der Waals surface area (Å²) in [5.41, 5.74) is 3.18. The van der Waals surface area contributed by atoms with Crippen molar-refractivity contribution in [2.75, 3.05) is 10.6 Å². The van der Waals surface area contributed by atoms with Crippen molar-refractivity contribution in [1.29, 1.82) is 5.26 Å². The third-order valence-electron chi connectivity index (χ3n) is 3.40. The van der Waals surface area contributed by atoms with E-state index in [4.69, 9.17) is 11.6 Å². The van der Waals surface area contributed by atoms with Gasteiger partial charge in [-0.2, -0.15) is 5.26 Å². The lowest BCUT2D eigenvalue weighted by Gasteiger charge is -2.09. The van der Waals surface area contributed by atoms with Crippen LogP contribution < -0.4 is 10.6 Å². The number of nitrogens with zero attached hydrogens (tertiary/aromatic N) is 1. The highest BCUT2D eigenvalue weighted by atomic mass is 35.5. The van der Waals surface area contributed by atoms with Gasteiger partial charge in [0, 0.05) is 22.6 Å². The number of hydrogen-bond donors (Lipinski definition) is 2. The van der Waals surface area contributed by atoms with E-state index in [0.717, 1.165) is 16.8 Å². The van der Waals surface area contributed by atoms with Crippen molar-refractivity contribution in [3.8, 4) is 6.07 Å². The number of rotatable bonds is 4. The SMILES string of the molecule is Cc1ccccc1NC(=O)/C(C#N)=C\Nc1cccc(Cl)c1C. The van der Waals surface area contributed by atoms with Crippen LogP contribution in [0.1, 0.15) is 11.1 Å². The van der Waals surface area contributed by atoms with E-state index in [-0.39, 0.29) is 5.57 Å². The number of aryl methyl sites for hydroxylation is 1. The second kappa shape index (κ2) is 7.48. The first-order valence-corrected chi connectivity index (χ1v) is 7.39. The zero-order valence-electron chi connectivity index (χ0n) is 12.9. The molecule has 0 saturated heterocycles. The quantitative estimate of drug-likeness (QED) is 0.646. The molecule has 0 fully saturated rings. The van der Waals surface area contributed by atoms with Crippen molar-refractivity contribution >= 4 is 28.9 Å². The number of amides is 1. The van der Waals surface area contributed by atoms with E-state index in [9.17, 15) is 10.1 Å². The van der Waals surface area contributed by atoms with E-state index in [1.165, 1.54) is 6.20 Å². The highest BCUT2D eigenvalue weighted by Gasteiger charge is 2.10. The van der Waals surface area contributed by atoms with Gasteiger partial charge >= 0.3 is 0 Å². The Labute approximate surface area is 140 Å². The van der Waals surface area contributed by atoms with Gasteiger partial charge in [0.15, 0.2) is 0 Å². The lowest BCUT2D eigenvalue weighted by molar-refractivity contribution is -0.112. The van der Waals surface area contributed by atoms with Crippen molar-refractivity contribution in [3.63, 3.8) is 0 Å². The Morgan fingerprint density at radius 3 is 2.52 bits per heavy atom. The summed E-state index contributed by atoms with van der Waals surface area (Å²) in [6, 6.07) is 14.7. The molecule has 2 aromatic carbocycles. The summed E-state index contributed by atoms with van der Waals surface area (Å²) in [7, 11) is 0. The summed E-state index contributed by atoms with van der Waals surface area (Å²) in [4.78, 5) is 12.2. The van der Waals surface area contributed by atoms with Crippen molar-refractivity contribution in [1.82, 2.24) is 0 Å². The summed E-state index contributed by atoms with van der Waals surface area (Å²) >= 11 is 6.05. The molecular formula is C18H16ClN3O. The fraction of sp³-hybridized carbons (Fsp3) is 0.111. The lowest BCUT2D eigenvalue weighted by Crippen LogP contribution is -2.15. The molecule has 0 aliphatic rings. The number of carbonyl (C=O) groups is 1. The predicted octanol–water partition coefficient (Wildman–Crippen LogP) is 4.41. The van der Waals surface area contributed by atoms with E-state index in [1.807, 2.05) is 44.2 Å². The summed E-state index contributed by atoms with van der Waals surface area (Å²) in [5, 5.41) is 15.5. The highest BCUT2D eigenvalue weighted by Crippen LogP contribution is 2.23. The summed E-state index contributed by atoms with van der Waals surface area (Å²) in [6.07, 6.45) is 1.38. The second-order valence-electron chi connectivity index (χ2n) is 5.00.